The molecule has 0 saturated heterocycles. The third-order valence-corrected chi connectivity index (χ3v) is 3.76. The number of rotatable bonds is 5. The average molecular weight is 324 g/mol. The second-order valence-electron chi connectivity index (χ2n) is 5.56. The van der Waals surface area contributed by atoms with Gasteiger partial charge in [-0.25, -0.2) is 5.43 Å². The Hall–Kier alpha value is -3.06. The van der Waals surface area contributed by atoms with Gasteiger partial charge in [0.15, 0.2) is 0 Å². The fourth-order valence-corrected chi connectivity index (χ4v) is 2.65. The minimum absolute atomic E-state index is 0.0138. The molecule has 24 heavy (non-hydrogen) atoms. The van der Waals surface area contributed by atoms with E-state index < -0.39 is 4.92 Å². The number of amides is 1. The number of nitrogens with zero attached hydrogens (tertiary/aromatic N) is 3. The third-order valence-electron chi connectivity index (χ3n) is 3.76. The molecule has 0 aliphatic carbocycles. The molecule has 0 radical (unpaired) electrons. The van der Waals surface area contributed by atoms with Crippen LogP contribution in [0.3, 0.4) is 0 Å². The number of hydrogen-bond donors (Lipinski definition) is 1. The molecule has 0 spiro atoms. The summed E-state index contributed by atoms with van der Waals surface area (Å²) < 4.78 is 0. The molecule has 1 heterocycles. The van der Waals surface area contributed by atoms with E-state index in [1.807, 2.05) is 17.0 Å². The summed E-state index contributed by atoms with van der Waals surface area (Å²) in [5, 5.41) is 14.6. The summed E-state index contributed by atoms with van der Waals surface area (Å²) in [7, 11) is 0. The molecule has 7 nitrogen and oxygen atoms in total. The van der Waals surface area contributed by atoms with Gasteiger partial charge in [-0.15, -0.1) is 0 Å². The highest BCUT2D eigenvalue weighted by molar-refractivity contribution is 5.83. The average Bonchev–Trinajstić information content (AvgIpc) is 2.97. The van der Waals surface area contributed by atoms with E-state index in [-0.39, 0.29) is 18.1 Å². The number of nitro benzene ring substituents is 1. The lowest BCUT2D eigenvalue weighted by molar-refractivity contribution is -0.384. The number of hydrogen-bond acceptors (Lipinski definition) is 5. The minimum atomic E-state index is -0.471. The van der Waals surface area contributed by atoms with Crippen molar-refractivity contribution in [2.24, 2.45) is 5.10 Å². The van der Waals surface area contributed by atoms with E-state index in [1.54, 1.807) is 12.1 Å². The topological polar surface area (TPSA) is 87.8 Å². The Morgan fingerprint density at radius 3 is 2.58 bits per heavy atom. The van der Waals surface area contributed by atoms with Crippen LogP contribution in [-0.4, -0.2) is 28.5 Å². The molecule has 1 aliphatic heterocycles. The molecule has 0 atom stereocenters. The normalized spacial score (nSPS) is 13.8. The number of non-ortho nitro benzene ring substituents is 1. The van der Waals surface area contributed by atoms with E-state index in [0.29, 0.717) is 5.56 Å². The van der Waals surface area contributed by atoms with Crippen LogP contribution in [-0.2, 0) is 17.9 Å². The summed E-state index contributed by atoms with van der Waals surface area (Å²) in [5.41, 5.74) is 5.47. The van der Waals surface area contributed by atoms with Crippen LogP contribution in [0.5, 0.6) is 0 Å². The second kappa shape index (κ2) is 7.01. The van der Waals surface area contributed by atoms with E-state index in [1.165, 1.54) is 29.5 Å². The van der Waals surface area contributed by atoms with Crippen molar-refractivity contribution in [2.45, 2.75) is 13.1 Å². The lowest BCUT2D eigenvalue weighted by atomic mass is 10.1. The number of benzene rings is 2. The largest absolute Gasteiger partial charge is 0.286 e. The van der Waals surface area contributed by atoms with Gasteiger partial charge in [0.05, 0.1) is 17.7 Å². The van der Waals surface area contributed by atoms with Crippen molar-refractivity contribution < 1.29 is 9.72 Å². The zero-order valence-electron chi connectivity index (χ0n) is 12.9. The second-order valence-corrected chi connectivity index (χ2v) is 5.56. The van der Waals surface area contributed by atoms with Crippen LogP contribution in [0, 0.1) is 10.1 Å². The first-order valence-corrected chi connectivity index (χ1v) is 7.47. The SMILES string of the molecule is O=C(CN1Cc2ccccc2C1)N/N=C\c1cccc([N+](=O)[O-])c1. The highest BCUT2D eigenvalue weighted by Crippen LogP contribution is 2.21. The molecular weight excluding hydrogens is 308 g/mol. The molecule has 0 fully saturated rings. The summed E-state index contributed by atoms with van der Waals surface area (Å²) >= 11 is 0. The van der Waals surface area contributed by atoms with Crippen molar-refractivity contribution in [1.29, 1.82) is 0 Å². The molecule has 0 bridgehead atoms. The maximum absolute atomic E-state index is 11.9. The van der Waals surface area contributed by atoms with Crippen molar-refractivity contribution in [3.8, 4) is 0 Å². The predicted molar refractivity (Wildman–Crippen MR) is 89.4 cm³/mol. The van der Waals surface area contributed by atoms with Crippen LogP contribution in [0.1, 0.15) is 16.7 Å². The maximum Gasteiger partial charge on any atom is 0.270 e. The van der Waals surface area contributed by atoms with Gasteiger partial charge in [-0.2, -0.15) is 5.10 Å². The highest BCUT2D eigenvalue weighted by Gasteiger charge is 2.19. The van der Waals surface area contributed by atoms with Gasteiger partial charge in [0.1, 0.15) is 0 Å². The van der Waals surface area contributed by atoms with Gasteiger partial charge in [-0.3, -0.25) is 19.8 Å². The van der Waals surface area contributed by atoms with Crippen molar-refractivity contribution in [3.63, 3.8) is 0 Å². The standard InChI is InChI=1S/C17H16N4O3/c22-17(12-20-10-14-5-1-2-6-15(14)11-20)19-18-9-13-4-3-7-16(8-13)21(23)24/h1-9H,10-12H2,(H,19,22)/b18-9-. The number of fused-ring (bicyclic) bond motifs is 1. The number of carbonyl (C=O) groups excluding carboxylic acids is 1. The van der Waals surface area contributed by atoms with Crippen LogP contribution in [0.2, 0.25) is 0 Å². The molecule has 1 aliphatic rings. The summed E-state index contributed by atoms with van der Waals surface area (Å²) in [5.74, 6) is -0.218. The Labute approximate surface area is 138 Å². The fourth-order valence-electron chi connectivity index (χ4n) is 2.65. The first-order chi connectivity index (χ1) is 11.6. The molecule has 3 rings (SSSR count). The van der Waals surface area contributed by atoms with E-state index in [9.17, 15) is 14.9 Å². The van der Waals surface area contributed by atoms with E-state index in [0.717, 1.165) is 13.1 Å². The summed E-state index contributed by atoms with van der Waals surface area (Å²) in [6.45, 7) is 1.75. The lowest BCUT2D eigenvalue weighted by Crippen LogP contribution is -2.32. The molecule has 1 N–H and O–H groups in total. The summed E-state index contributed by atoms with van der Waals surface area (Å²) in [6, 6.07) is 14.2. The molecule has 122 valence electrons. The van der Waals surface area contributed by atoms with Gasteiger partial charge in [0.2, 0.25) is 0 Å². The maximum atomic E-state index is 11.9. The summed E-state index contributed by atoms with van der Waals surface area (Å²) in [6.07, 6.45) is 1.39. The number of nitro groups is 1. The van der Waals surface area contributed by atoms with Crippen molar-refractivity contribution in [2.75, 3.05) is 6.54 Å². The predicted octanol–water partition coefficient (Wildman–Crippen LogP) is 2.06. The first-order valence-electron chi connectivity index (χ1n) is 7.47. The minimum Gasteiger partial charge on any atom is -0.286 e. The highest BCUT2D eigenvalue weighted by atomic mass is 16.6. The summed E-state index contributed by atoms with van der Waals surface area (Å²) in [4.78, 5) is 24.2. The van der Waals surface area contributed by atoms with Gasteiger partial charge in [0, 0.05) is 30.8 Å². The number of hydrazone groups is 1. The van der Waals surface area contributed by atoms with Gasteiger partial charge < -0.3 is 0 Å². The van der Waals surface area contributed by atoms with Crippen LogP contribution in [0.15, 0.2) is 53.6 Å². The Morgan fingerprint density at radius 1 is 1.21 bits per heavy atom. The zero-order valence-corrected chi connectivity index (χ0v) is 12.9. The monoisotopic (exact) mass is 324 g/mol. The van der Waals surface area contributed by atoms with Crippen molar-refractivity contribution in [1.82, 2.24) is 10.3 Å². The van der Waals surface area contributed by atoms with E-state index in [2.05, 4.69) is 22.7 Å². The molecule has 0 unspecified atom stereocenters. The Kier molecular flexibility index (Phi) is 4.62. The molecule has 2 aromatic carbocycles. The number of carbonyl (C=O) groups is 1. The molecule has 2 aromatic rings. The van der Waals surface area contributed by atoms with Gasteiger partial charge in [-0.1, -0.05) is 36.4 Å². The van der Waals surface area contributed by atoms with E-state index in [4.69, 9.17) is 0 Å². The van der Waals surface area contributed by atoms with Crippen LogP contribution in [0.25, 0.3) is 0 Å². The van der Waals surface area contributed by atoms with Crippen molar-refractivity contribution in [3.05, 3.63) is 75.3 Å². The van der Waals surface area contributed by atoms with E-state index >= 15 is 0 Å². The Morgan fingerprint density at radius 2 is 1.92 bits per heavy atom. The van der Waals surface area contributed by atoms with Gasteiger partial charge >= 0.3 is 0 Å². The molecule has 1 amide bonds. The quantitative estimate of drug-likeness (QED) is 0.518. The Balaban J connectivity index is 1.51. The van der Waals surface area contributed by atoms with Crippen LogP contribution < -0.4 is 5.43 Å². The van der Waals surface area contributed by atoms with Gasteiger partial charge in [0.25, 0.3) is 11.6 Å². The van der Waals surface area contributed by atoms with Crippen molar-refractivity contribution >= 4 is 17.8 Å². The first kappa shape index (κ1) is 15.8. The third kappa shape index (κ3) is 3.82. The Bertz CT molecular complexity index is 779. The van der Waals surface area contributed by atoms with Crippen LogP contribution in [0.4, 0.5) is 5.69 Å². The lowest BCUT2D eigenvalue weighted by Gasteiger charge is -2.12. The van der Waals surface area contributed by atoms with Gasteiger partial charge in [-0.05, 0) is 11.1 Å². The molecule has 0 aromatic heterocycles. The van der Waals surface area contributed by atoms with Crippen LogP contribution >= 0.6 is 0 Å². The molecular formula is C17H16N4O3. The number of nitrogens with one attached hydrogen (secondary N) is 1. The zero-order chi connectivity index (χ0) is 16.9. The fraction of sp³-hybridized carbons (Fsp3) is 0.176. The molecule has 7 heteroatoms. The smallest absolute Gasteiger partial charge is 0.270 e. The molecule has 0 saturated carbocycles.